The van der Waals surface area contributed by atoms with E-state index < -0.39 is 6.36 Å². The minimum Gasteiger partial charge on any atom is -0.496 e. The second-order valence-electron chi connectivity index (χ2n) is 2.90. The van der Waals surface area contributed by atoms with Gasteiger partial charge in [0.05, 0.1) is 12.7 Å². The summed E-state index contributed by atoms with van der Waals surface area (Å²) in [6, 6.07) is 5.82. The van der Waals surface area contributed by atoms with E-state index in [1.165, 1.54) is 25.3 Å². The van der Waals surface area contributed by atoms with Crippen molar-refractivity contribution < 1.29 is 22.6 Å². The number of alkyl halides is 3. The molecule has 0 amide bonds. The highest BCUT2D eigenvalue weighted by Crippen LogP contribution is 2.30. The zero-order valence-corrected chi connectivity index (χ0v) is 8.84. The van der Waals surface area contributed by atoms with E-state index >= 15 is 0 Å². The lowest BCUT2D eigenvalue weighted by Crippen LogP contribution is -2.18. The molecule has 0 bridgehead atoms. The fourth-order valence-corrected chi connectivity index (χ4v) is 1.27. The van der Waals surface area contributed by atoms with E-state index in [1.807, 2.05) is 0 Å². The number of rotatable bonds is 3. The van der Waals surface area contributed by atoms with Crippen molar-refractivity contribution in [1.82, 2.24) is 0 Å². The predicted molar refractivity (Wildman–Crippen MR) is 53.8 cm³/mol. The van der Waals surface area contributed by atoms with Crippen molar-refractivity contribution >= 4 is 5.76 Å². The molecule has 0 aliphatic heterocycles. The third kappa shape index (κ3) is 3.18. The molecule has 0 atom stereocenters. The Morgan fingerprint density at radius 3 is 2.38 bits per heavy atom. The number of halogens is 3. The van der Waals surface area contributed by atoms with E-state index in [0.29, 0.717) is 5.76 Å². The van der Waals surface area contributed by atoms with Crippen LogP contribution in [-0.2, 0) is 4.74 Å². The highest BCUT2D eigenvalue weighted by molar-refractivity contribution is 5.65. The van der Waals surface area contributed by atoms with E-state index in [0.717, 1.165) is 0 Å². The topological polar surface area (TPSA) is 18.5 Å². The lowest BCUT2D eigenvalue weighted by molar-refractivity contribution is -0.274. The minimum absolute atomic E-state index is 0.268. The van der Waals surface area contributed by atoms with E-state index in [2.05, 4.69) is 4.74 Å². The molecule has 16 heavy (non-hydrogen) atoms. The largest absolute Gasteiger partial charge is 0.573 e. The normalized spacial score (nSPS) is 12.4. The number of para-hydroxylation sites is 1. The average molecular weight is 232 g/mol. The number of benzene rings is 1. The molecule has 0 aliphatic rings. The van der Waals surface area contributed by atoms with E-state index in [4.69, 9.17) is 4.74 Å². The van der Waals surface area contributed by atoms with Crippen LogP contribution in [0.1, 0.15) is 12.5 Å². The second kappa shape index (κ2) is 4.92. The van der Waals surface area contributed by atoms with Crippen molar-refractivity contribution in [2.75, 3.05) is 7.11 Å². The van der Waals surface area contributed by atoms with Crippen LogP contribution in [0.25, 0.3) is 5.76 Å². The molecule has 0 heterocycles. The zero-order valence-electron chi connectivity index (χ0n) is 8.84. The summed E-state index contributed by atoms with van der Waals surface area (Å²) in [6.45, 7) is 1.67. The summed E-state index contributed by atoms with van der Waals surface area (Å²) in [5.74, 6) is 0.0600. The Kier molecular flexibility index (Phi) is 3.82. The van der Waals surface area contributed by atoms with Crippen LogP contribution in [-0.4, -0.2) is 13.5 Å². The monoisotopic (exact) mass is 232 g/mol. The van der Waals surface area contributed by atoms with Crippen molar-refractivity contribution in [2.24, 2.45) is 0 Å². The molecule has 0 saturated heterocycles. The van der Waals surface area contributed by atoms with Crippen LogP contribution in [0.15, 0.2) is 30.3 Å². The lowest BCUT2D eigenvalue weighted by atomic mass is 10.1. The summed E-state index contributed by atoms with van der Waals surface area (Å²) in [4.78, 5) is 0. The third-order valence-corrected chi connectivity index (χ3v) is 1.86. The first-order valence-corrected chi connectivity index (χ1v) is 4.53. The van der Waals surface area contributed by atoms with Gasteiger partial charge in [-0.1, -0.05) is 12.1 Å². The van der Waals surface area contributed by atoms with Crippen LogP contribution in [0.4, 0.5) is 13.2 Å². The standard InChI is InChI=1S/C11H11F3O2/c1-3-9(15-2)8-6-4-5-7-10(8)16-11(12,13)14/h3-7H,1-2H3. The number of hydrogen-bond donors (Lipinski definition) is 0. The molecule has 0 radical (unpaired) electrons. The van der Waals surface area contributed by atoms with Gasteiger partial charge in [-0.2, -0.15) is 0 Å². The van der Waals surface area contributed by atoms with E-state index in [1.54, 1.807) is 19.1 Å². The molecule has 5 heteroatoms. The Hall–Kier alpha value is -1.65. The van der Waals surface area contributed by atoms with Gasteiger partial charge in [0, 0.05) is 0 Å². The molecule has 0 spiro atoms. The van der Waals surface area contributed by atoms with Crippen LogP contribution < -0.4 is 4.74 Å². The van der Waals surface area contributed by atoms with Crippen LogP contribution in [0.5, 0.6) is 5.75 Å². The first kappa shape index (κ1) is 12.4. The maximum absolute atomic E-state index is 12.1. The Balaban J connectivity index is 3.10. The second-order valence-corrected chi connectivity index (χ2v) is 2.90. The molecule has 0 fully saturated rings. The Labute approximate surface area is 91.3 Å². The molecule has 0 aromatic heterocycles. The lowest BCUT2D eigenvalue weighted by Gasteiger charge is -2.14. The van der Waals surface area contributed by atoms with Gasteiger partial charge in [-0.25, -0.2) is 0 Å². The van der Waals surface area contributed by atoms with Crippen molar-refractivity contribution in [2.45, 2.75) is 13.3 Å². The van der Waals surface area contributed by atoms with Crippen molar-refractivity contribution in [3.63, 3.8) is 0 Å². The SMILES string of the molecule is CC=C(OC)c1ccccc1OC(F)(F)F. The highest BCUT2D eigenvalue weighted by Gasteiger charge is 2.32. The molecule has 2 nitrogen and oxygen atoms in total. The van der Waals surface area contributed by atoms with E-state index in [9.17, 15) is 13.2 Å². The number of ether oxygens (including phenoxy) is 2. The zero-order chi connectivity index (χ0) is 12.2. The third-order valence-electron chi connectivity index (χ3n) is 1.86. The smallest absolute Gasteiger partial charge is 0.496 e. The Bertz CT molecular complexity index is 383. The Morgan fingerprint density at radius 1 is 1.25 bits per heavy atom. The summed E-state index contributed by atoms with van der Waals surface area (Å²) in [5, 5.41) is 0. The van der Waals surface area contributed by atoms with Gasteiger partial charge >= 0.3 is 6.36 Å². The van der Waals surface area contributed by atoms with Crippen molar-refractivity contribution in [1.29, 1.82) is 0 Å². The van der Waals surface area contributed by atoms with Gasteiger partial charge < -0.3 is 9.47 Å². The molecular weight excluding hydrogens is 221 g/mol. The fourth-order valence-electron chi connectivity index (χ4n) is 1.27. The minimum atomic E-state index is -4.71. The number of allylic oxidation sites excluding steroid dienone is 1. The molecular formula is C11H11F3O2. The highest BCUT2D eigenvalue weighted by atomic mass is 19.4. The summed E-state index contributed by atoms with van der Waals surface area (Å²) in [5.41, 5.74) is 0.268. The van der Waals surface area contributed by atoms with Crippen molar-refractivity contribution in [3.05, 3.63) is 35.9 Å². The van der Waals surface area contributed by atoms with E-state index in [-0.39, 0.29) is 11.3 Å². The summed E-state index contributed by atoms with van der Waals surface area (Å²) < 4.78 is 45.2. The van der Waals surface area contributed by atoms with Crippen LogP contribution in [0.3, 0.4) is 0 Å². The molecule has 1 aromatic carbocycles. The molecule has 0 saturated carbocycles. The summed E-state index contributed by atoms with van der Waals surface area (Å²) in [6.07, 6.45) is -3.14. The van der Waals surface area contributed by atoms with Gasteiger partial charge in [0.15, 0.2) is 0 Å². The summed E-state index contributed by atoms with van der Waals surface area (Å²) in [7, 11) is 1.39. The molecule has 88 valence electrons. The van der Waals surface area contributed by atoms with Gasteiger partial charge in [-0.15, -0.1) is 13.2 Å². The van der Waals surface area contributed by atoms with Gasteiger partial charge in [0.1, 0.15) is 11.5 Å². The Morgan fingerprint density at radius 2 is 1.88 bits per heavy atom. The predicted octanol–water partition coefficient (Wildman–Crippen LogP) is 3.59. The fraction of sp³-hybridized carbons (Fsp3) is 0.273. The molecule has 1 rings (SSSR count). The van der Waals surface area contributed by atoms with Gasteiger partial charge in [0.2, 0.25) is 0 Å². The first-order chi connectivity index (χ1) is 7.48. The van der Waals surface area contributed by atoms with Gasteiger partial charge in [0.25, 0.3) is 0 Å². The van der Waals surface area contributed by atoms with Crippen molar-refractivity contribution in [3.8, 4) is 5.75 Å². The average Bonchev–Trinajstić information content (AvgIpc) is 2.20. The van der Waals surface area contributed by atoms with Crippen LogP contribution >= 0.6 is 0 Å². The number of hydrogen-bond acceptors (Lipinski definition) is 2. The quantitative estimate of drug-likeness (QED) is 0.741. The molecule has 0 unspecified atom stereocenters. The molecule has 0 N–H and O–H groups in total. The van der Waals surface area contributed by atoms with Crippen LogP contribution in [0, 0.1) is 0 Å². The molecule has 1 aromatic rings. The van der Waals surface area contributed by atoms with Gasteiger partial charge in [-0.05, 0) is 25.1 Å². The maximum Gasteiger partial charge on any atom is 0.573 e. The first-order valence-electron chi connectivity index (χ1n) is 4.53. The summed E-state index contributed by atoms with van der Waals surface area (Å²) >= 11 is 0. The molecule has 0 aliphatic carbocycles. The number of methoxy groups -OCH3 is 1. The van der Waals surface area contributed by atoms with Crippen LogP contribution in [0.2, 0.25) is 0 Å². The van der Waals surface area contributed by atoms with Gasteiger partial charge in [-0.3, -0.25) is 0 Å². The maximum atomic E-state index is 12.1.